The fourth-order valence-electron chi connectivity index (χ4n) is 2.79. The van der Waals surface area contributed by atoms with Gasteiger partial charge in [-0.15, -0.1) is 0 Å². The molecule has 0 spiro atoms. The molecule has 0 aromatic rings. The van der Waals surface area contributed by atoms with Crippen LogP contribution in [-0.2, 0) is 4.74 Å². The Labute approximate surface area is 98.9 Å². The summed E-state index contributed by atoms with van der Waals surface area (Å²) in [6, 6.07) is 0.563. The molecule has 0 N–H and O–H groups in total. The largest absolute Gasteiger partial charge is 0.444 e. The van der Waals surface area contributed by atoms with E-state index in [9.17, 15) is 4.79 Å². The van der Waals surface area contributed by atoms with Crippen LogP contribution in [0, 0.1) is 0 Å². The molecular formula is C12H20BNO2. The van der Waals surface area contributed by atoms with Crippen LogP contribution >= 0.6 is 0 Å². The molecule has 1 amide bonds. The molecule has 3 atom stereocenters. The number of nitrogens with zero attached hydrogens (tertiary/aromatic N) is 1. The molecule has 2 aliphatic rings. The first kappa shape index (κ1) is 11.8. The number of fused-ring (bicyclic) bond motifs is 2. The minimum Gasteiger partial charge on any atom is -0.444 e. The molecule has 0 aliphatic carbocycles. The van der Waals surface area contributed by atoms with Crippen LogP contribution in [0.25, 0.3) is 0 Å². The van der Waals surface area contributed by atoms with Gasteiger partial charge in [-0.1, -0.05) is 12.2 Å². The topological polar surface area (TPSA) is 29.5 Å². The van der Waals surface area contributed by atoms with Crippen LogP contribution in [-0.4, -0.2) is 36.5 Å². The molecule has 0 aromatic heterocycles. The summed E-state index contributed by atoms with van der Waals surface area (Å²) in [5, 5.41) is 0. The van der Waals surface area contributed by atoms with Crippen molar-refractivity contribution in [3.8, 4) is 0 Å². The molecule has 2 saturated heterocycles. The van der Waals surface area contributed by atoms with Crippen molar-refractivity contribution in [3.63, 3.8) is 0 Å². The van der Waals surface area contributed by atoms with Crippen LogP contribution in [0.2, 0.25) is 5.82 Å². The Bertz CT molecular complexity index is 287. The van der Waals surface area contributed by atoms with E-state index in [2.05, 4.69) is 0 Å². The number of hydrogen-bond donors (Lipinski definition) is 0. The quantitative estimate of drug-likeness (QED) is 0.588. The summed E-state index contributed by atoms with van der Waals surface area (Å²) in [6.45, 7) is 5.70. The lowest BCUT2D eigenvalue weighted by Crippen LogP contribution is -2.48. The number of ether oxygens (including phenoxy) is 1. The average molecular weight is 221 g/mol. The van der Waals surface area contributed by atoms with E-state index in [1.165, 1.54) is 0 Å². The van der Waals surface area contributed by atoms with Crippen molar-refractivity contribution in [2.45, 2.75) is 70.0 Å². The van der Waals surface area contributed by atoms with Crippen LogP contribution in [0.5, 0.6) is 0 Å². The molecule has 2 rings (SSSR count). The van der Waals surface area contributed by atoms with Crippen molar-refractivity contribution in [2.75, 3.05) is 0 Å². The Kier molecular flexibility index (Phi) is 2.93. The molecule has 3 nitrogen and oxygen atoms in total. The third-order valence-corrected chi connectivity index (χ3v) is 3.48. The van der Waals surface area contributed by atoms with E-state index in [0.29, 0.717) is 6.04 Å². The zero-order valence-electron chi connectivity index (χ0n) is 10.4. The van der Waals surface area contributed by atoms with Gasteiger partial charge >= 0.3 is 6.09 Å². The molecule has 2 bridgehead atoms. The number of amides is 1. The van der Waals surface area contributed by atoms with Gasteiger partial charge in [0.1, 0.15) is 5.60 Å². The van der Waals surface area contributed by atoms with E-state index in [4.69, 9.17) is 12.6 Å². The Balaban J connectivity index is 2.07. The summed E-state index contributed by atoms with van der Waals surface area (Å²) in [6.07, 6.45) is 3.99. The van der Waals surface area contributed by atoms with E-state index in [-0.39, 0.29) is 18.0 Å². The smallest absolute Gasteiger partial charge is 0.410 e. The summed E-state index contributed by atoms with van der Waals surface area (Å²) >= 11 is 0. The lowest BCUT2D eigenvalue weighted by molar-refractivity contribution is 0.00797. The molecule has 2 aliphatic heterocycles. The van der Waals surface area contributed by atoms with Gasteiger partial charge in [0, 0.05) is 12.1 Å². The number of piperidine rings is 1. The highest BCUT2D eigenvalue weighted by atomic mass is 16.6. The predicted molar refractivity (Wildman–Crippen MR) is 63.6 cm³/mol. The molecule has 2 radical (unpaired) electrons. The van der Waals surface area contributed by atoms with Gasteiger partial charge in [-0.3, -0.25) is 0 Å². The van der Waals surface area contributed by atoms with Gasteiger partial charge in [0.2, 0.25) is 0 Å². The standard InChI is InChI=1S/C12H20BNO2/c1-12(2,3)16-11(15)14-8-4-6-9(13)10(14)7-5-8/h8-10H,4-7H2,1-3H3/t8?,9-,10?/m1/s1. The highest BCUT2D eigenvalue weighted by Crippen LogP contribution is 2.41. The van der Waals surface area contributed by atoms with Crippen LogP contribution in [0.4, 0.5) is 4.79 Å². The molecule has 88 valence electrons. The lowest BCUT2D eigenvalue weighted by atomic mass is 9.75. The van der Waals surface area contributed by atoms with Gasteiger partial charge in [0.25, 0.3) is 0 Å². The van der Waals surface area contributed by atoms with E-state index in [0.717, 1.165) is 25.7 Å². The van der Waals surface area contributed by atoms with Crippen molar-refractivity contribution in [2.24, 2.45) is 0 Å². The zero-order chi connectivity index (χ0) is 11.9. The average Bonchev–Trinajstić information content (AvgIpc) is 2.46. The second-order valence-corrected chi connectivity index (χ2v) is 5.93. The first-order chi connectivity index (χ1) is 7.38. The van der Waals surface area contributed by atoms with Crippen molar-refractivity contribution >= 4 is 13.9 Å². The number of hydrogen-bond acceptors (Lipinski definition) is 2. The maximum Gasteiger partial charge on any atom is 0.410 e. The fraction of sp³-hybridized carbons (Fsp3) is 0.917. The van der Waals surface area contributed by atoms with Crippen molar-refractivity contribution in [1.82, 2.24) is 4.90 Å². The Morgan fingerprint density at radius 1 is 1.25 bits per heavy atom. The van der Waals surface area contributed by atoms with Gasteiger partial charge in [-0.2, -0.15) is 0 Å². The Morgan fingerprint density at radius 3 is 2.50 bits per heavy atom. The Hall–Kier alpha value is -0.665. The lowest BCUT2D eigenvalue weighted by Gasteiger charge is -2.39. The zero-order valence-corrected chi connectivity index (χ0v) is 10.4. The predicted octanol–water partition coefficient (Wildman–Crippen LogP) is 2.51. The summed E-state index contributed by atoms with van der Waals surface area (Å²) in [4.78, 5) is 14.0. The first-order valence-electron chi connectivity index (χ1n) is 6.15. The first-order valence-corrected chi connectivity index (χ1v) is 6.15. The highest BCUT2D eigenvalue weighted by molar-refractivity contribution is 6.12. The van der Waals surface area contributed by atoms with Gasteiger partial charge in [-0.05, 0) is 40.0 Å². The molecule has 2 unspecified atom stereocenters. The SMILES string of the molecule is [B][C@@H]1CCC2CCC1N2C(=O)OC(C)(C)C. The minimum atomic E-state index is -0.419. The molecule has 0 saturated carbocycles. The Morgan fingerprint density at radius 2 is 1.88 bits per heavy atom. The minimum absolute atomic E-state index is 0.131. The summed E-state index contributed by atoms with van der Waals surface area (Å²) in [7, 11) is 6.06. The van der Waals surface area contributed by atoms with Crippen LogP contribution < -0.4 is 0 Å². The number of carbonyl (C=O) groups is 1. The van der Waals surface area contributed by atoms with Crippen molar-refractivity contribution in [1.29, 1.82) is 0 Å². The van der Waals surface area contributed by atoms with Crippen LogP contribution in [0.15, 0.2) is 0 Å². The summed E-state index contributed by atoms with van der Waals surface area (Å²) in [5.74, 6) is 0.131. The van der Waals surface area contributed by atoms with E-state index >= 15 is 0 Å². The monoisotopic (exact) mass is 221 g/mol. The molecular weight excluding hydrogens is 201 g/mol. The summed E-state index contributed by atoms with van der Waals surface area (Å²) in [5.41, 5.74) is -0.419. The second kappa shape index (κ2) is 3.97. The molecule has 4 heteroatoms. The molecule has 0 aromatic carbocycles. The van der Waals surface area contributed by atoms with E-state index in [1.807, 2.05) is 25.7 Å². The maximum atomic E-state index is 12.1. The van der Waals surface area contributed by atoms with Gasteiger partial charge in [0.15, 0.2) is 0 Å². The van der Waals surface area contributed by atoms with E-state index < -0.39 is 5.60 Å². The van der Waals surface area contributed by atoms with E-state index in [1.54, 1.807) is 0 Å². The van der Waals surface area contributed by atoms with Gasteiger partial charge < -0.3 is 9.64 Å². The number of carbonyl (C=O) groups excluding carboxylic acids is 1. The van der Waals surface area contributed by atoms with Crippen molar-refractivity contribution in [3.05, 3.63) is 0 Å². The maximum absolute atomic E-state index is 12.1. The normalized spacial score (nSPS) is 33.9. The summed E-state index contributed by atoms with van der Waals surface area (Å²) < 4.78 is 5.44. The van der Waals surface area contributed by atoms with Gasteiger partial charge in [-0.25, -0.2) is 4.79 Å². The van der Waals surface area contributed by atoms with Crippen LogP contribution in [0.1, 0.15) is 46.5 Å². The molecule has 2 fully saturated rings. The fourth-order valence-corrected chi connectivity index (χ4v) is 2.79. The third-order valence-electron chi connectivity index (χ3n) is 3.48. The van der Waals surface area contributed by atoms with Crippen LogP contribution in [0.3, 0.4) is 0 Å². The third kappa shape index (κ3) is 2.20. The number of rotatable bonds is 0. The highest BCUT2D eigenvalue weighted by Gasteiger charge is 2.44. The molecule has 2 heterocycles. The second-order valence-electron chi connectivity index (χ2n) is 5.93. The molecule has 16 heavy (non-hydrogen) atoms. The van der Waals surface area contributed by atoms with Crippen molar-refractivity contribution < 1.29 is 9.53 Å². The van der Waals surface area contributed by atoms with Gasteiger partial charge in [0.05, 0.1) is 7.85 Å².